The minimum absolute atomic E-state index is 0.181. The normalized spacial score (nSPS) is 15.0. The van der Waals surface area contributed by atoms with Gasteiger partial charge in [0.1, 0.15) is 5.01 Å². The van der Waals surface area contributed by atoms with Gasteiger partial charge in [0, 0.05) is 17.5 Å². The highest BCUT2D eigenvalue weighted by Crippen LogP contribution is 2.31. The third-order valence-electron chi connectivity index (χ3n) is 4.75. The first kappa shape index (κ1) is 18.1. The fourth-order valence-corrected chi connectivity index (χ4v) is 3.86. The van der Waals surface area contributed by atoms with Crippen molar-refractivity contribution in [1.29, 1.82) is 0 Å². The van der Waals surface area contributed by atoms with Crippen molar-refractivity contribution in [2.75, 3.05) is 6.61 Å². The number of carbonyl (C=O) groups is 1. The van der Waals surface area contributed by atoms with Crippen molar-refractivity contribution < 1.29 is 9.53 Å². The molecule has 0 saturated heterocycles. The summed E-state index contributed by atoms with van der Waals surface area (Å²) in [6.07, 6.45) is 5.68. The summed E-state index contributed by atoms with van der Waals surface area (Å²) in [4.78, 5) is 21.6. The fraction of sp³-hybridized carbons (Fsp3) is 0.550. The van der Waals surface area contributed by atoms with E-state index in [-0.39, 0.29) is 5.97 Å². The summed E-state index contributed by atoms with van der Waals surface area (Å²) in [6.45, 7) is 6.04. The van der Waals surface area contributed by atoms with E-state index in [2.05, 4.69) is 5.38 Å². The minimum atomic E-state index is -0.583. The number of nitrogens with zero attached hydrogens (tertiary/aromatic N) is 2. The molecule has 0 radical (unpaired) electrons. The average molecular weight is 359 g/mol. The molecule has 0 N–H and O–H groups in total. The van der Waals surface area contributed by atoms with Crippen LogP contribution in [0.3, 0.4) is 0 Å². The van der Waals surface area contributed by atoms with Gasteiger partial charge in [-0.1, -0.05) is 25.3 Å². The number of aromatic nitrogens is 2. The standard InChI is InChI=1S/C20H26N2O2S/c1-4-24-19(23)20(2,3)12-15-9-6-10-17(21-15)18-22-16(13-25-18)11-14-7-5-8-14/h6,9-10,13-14H,4-5,7-8,11-12H2,1-3H3. The molecule has 2 aromatic heterocycles. The Labute approximate surface area is 153 Å². The molecular weight excluding hydrogens is 332 g/mol. The van der Waals surface area contributed by atoms with E-state index in [9.17, 15) is 4.79 Å². The summed E-state index contributed by atoms with van der Waals surface area (Å²) in [5.74, 6) is 0.638. The molecule has 2 aromatic rings. The monoisotopic (exact) mass is 358 g/mol. The summed E-state index contributed by atoms with van der Waals surface area (Å²) in [5.41, 5.74) is 2.39. The van der Waals surface area contributed by atoms with Crippen LogP contribution in [0.25, 0.3) is 10.7 Å². The highest BCUT2D eigenvalue weighted by molar-refractivity contribution is 7.13. The van der Waals surface area contributed by atoms with Gasteiger partial charge >= 0.3 is 5.97 Å². The van der Waals surface area contributed by atoms with Crippen LogP contribution in [-0.4, -0.2) is 22.5 Å². The molecule has 1 saturated carbocycles. The predicted octanol–water partition coefficient (Wildman–Crippen LogP) is 4.68. The topological polar surface area (TPSA) is 52.1 Å². The number of thiazole rings is 1. The summed E-state index contributed by atoms with van der Waals surface area (Å²) in [5, 5.41) is 3.12. The highest BCUT2D eigenvalue weighted by atomic mass is 32.1. The van der Waals surface area contributed by atoms with Crippen LogP contribution < -0.4 is 0 Å². The van der Waals surface area contributed by atoms with E-state index >= 15 is 0 Å². The van der Waals surface area contributed by atoms with E-state index in [0.29, 0.717) is 13.0 Å². The van der Waals surface area contributed by atoms with Crippen molar-refractivity contribution in [2.45, 2.75) is 52.9 Å². The Hall–Kier alpha value is -1.75. The second-order valence-corrected chi connectivity index (χ2v) is 8.30. The van der Waals surface area contributed by atoms with Gasteiger partial charge in [0.15, 0.2) is 0 Å². The molecule has 0 aliphatic heterocycles. The van der Waals surface area contributed by atoms with E-state index in [1.807, 2.05) is 39.0 Å². The zero-order valence-electron chi connectivity index (χ0n) is 15.2. The molecule has 0 atom stereocenters. The summed E-state index contributed by atoms with van der Waals surface area (Å²) in [7, 11) is 0. The van der Waals surface area contributed by atoms with Crippen LogP contribution in [0.2, 0.25) is 0 Å². The van der Waals surface area contributed by atoms with Crippen LogP contribution >= 0.6 is 11.3 Å². The maximum absolute atomic E-state index is 12.1. The van der Waals surface area contributed by atoms with Gasteiger partial charge in [0.2, 0.25) is 0 Å². The largest absolute Gasteiger partial charge is 0.466 e. The van der Waals surface area contributed by atoms with Crippen LogP contribution in [0.1, 0.15) is 51.4 Å². The second-order valence-electron chi connectivity index (χ2n) is 7.44. The number of carbonyl (C=O) groups excluding carboxylic acids is 1. The van der Waals surface area contributed by atoms with Gasteiger partial charge in [-0.3, -0.25) is 9.78 Å². The molecular formula is C20H26N2O2S. The van der Waals surface area contributed by atoms with Crippen LogP contribution in [0.4, 0.5) is 0 Å². The summed E-state index contributed by atoms with van der Waals surface area (Å²) in [6, 6.07) is 5.95. The van der Waals surface area contributed by atoms with Gasteiger partial charge in [0.25, 0.3) is 0 Å². The van der Waals surface area contributed by atoms with E-state index < -0.39 is 5.41 Å². The fourth-order valence-electron chi connectivity index (χ4n) is 3.06. The molecule has 0 unspecified atom stereocenters. The van der Waals surface area contributed by atoms with Gasteiger partial charge in [-0.15, -0.1) is 11.3 Å². The van der Waals surface area contributed by atoms with Gasteiger partial charge in [-0.25, -0.2) is 4.98 Å². The van der Waals surface area contributed by atoms with Gasteiger partial charge in [-0.05, 0) is 45.2 Å². The molecule has 4 nitrogen and oxygen atoms in total. The van der Waals surface area contributed by atoms with Crippen LogP contribution in [-0.2, 0) is 22.4 Å². The summed E-state index contributed by atoms with van der Waals surface area (Å²) < 4.78 is 5.17. The van der Waals surface area contributed by atoms with Gasteiger partial charge in [0.05, 0.1) is 23.4 Å². The van der Waals surface area contributed by atoms with E-state index in [0.717, 1.165) is 28.7 Å². The third kappa shape index (κ3) is 4.46. The smallest absolute Gasteiger partial charge is 0.311 e. The van der Waals surface area contributed by atoms with Crippen molar-refractivity contribution in [3.05, 3.63) is 35.0 Å². The first-order chi connectivity index (χ1) is 12.0. The third-order valence-corrected chi connectivity index (χ3v) is 5.66. The maximum atomic E-state index is 12.1. The van der Waals surface area contributed by atoms with E-state index in [1.165, 1.54) is 25.0 Å². The van der Waals surface area contributed by atoms with Gasteiger partial charge < -0.3 is 4.74 Å². The Morgan fingerprint density at radius 3 is 2.76 bits per heavy atom. The van der Waals surface area contributed by atoms with Crippen molar-refractivity contribution >= 4 is 17.3 Å². The average Bonchev–Trinajstić information content (AvgIpc) is 3.00. The van der Waals surface area contributed by atoms with Crippen LogP contribution in [0.5, 0.6) is 0 Å². The van der Waals surface area contributed by atoms with Gasteiger partial charge in [-0.2, -0.15) is 0 Å². The lowest BCUT2D eigenvalue weighted by atomic mass is 9.82. The SMILES string of the molecule is CCOC(=O)C(C)(C)Cc1cccc(-c2nc(CC3CCC3)cs2)n1. The molecule has 1 fully saturated rings. The van der Waals surface area contributed by atoms with Crippen molar-refractivity contribution in [2.24, 2.45) is 11.3 Å². The van der Waals surface area contributed by atoms with Crippen LogP contribution in [0, 0.1) is 11.3 Å². The molecule has 0 bridgehead atoms. The number of hydrogen-bond donors (Lipinski definition) is 0. The number of ether oxygens (including phenoxy) is 1. The number of rotatable bonds is 7. The zero-order valence-corrected chi connectivity index (χ0v) is 16.1. The lowest BCUT2D eigenvalue weighted by Gasteiger charge is -2.24. The molecule has 2 heterocycles. The Kier molecular flexibility index (Phi) is 5.52. The molecule has 0 amide bonds. The number of esters is 1. The van der Waals surface area contributed by atoms with E-state index in [1.54, 1.807) is 11.3 Å². The van der Waals surface area contributed by atoms with Crippen LogP contribution in [0.15, 0.2) is 23.6 Å². The Balaban J connectivity index is 1.71. The number of pyridine rings is 1. The predicted molar refractivity (Wildman–Crippen MR) is 101 cm³/mol. The first-order valence-corrected chi connectivity index (χ1v) is 9.94. The Morgan fingerprint density at radius 2 is 2.08 bits per heavy atom. The molecule has 0 aromatic carbocycles. The van der Waals surface area contributed by atoms with Crippen molar-refractivity contribution in [3.8, 4) is 10.7 Å². The summed E-state index contributed by atoms with van der Waals surface area (Å²) >= 11 is 1.66. The minimum Gasteiger partial charge on any atom is -0.466 e. The molecule has 1 aliphatic rings. The van der Waals surface area contributed by atoms with Crippen molar-refractivity contribution in [1.82, 2.24) is 9.97 Å². The Morgan fingerprint density at radius 1 is 1.28 bits per heavy atom. The Bertz CT molecular complexity index is 735. The molecule has 0 spiro atoms. The van der Waals surface area contributed by atoms with Crippen molar-refractivity contribution in [3.63, 3.8) is 0 Å². The number of hydrogen-bond acceptors (Lipinski definition) is 5. The molecule has 3 rings (SSSR count). The second kappa shape index (κ2) is 7.65. The van der Waals surface area contributed by atoms with E-state index in [4.69, 9.17) is 14.7 Å². The quantitative estimate of drug-likeness (QED) is 0.674. The zero-order chi connectivity index (χ0) is 17.9. The highest BCUT2D eigenvalue weighted by Gasteiger charge is 2.30. The molecule has 5 heteroatoms. The molecule has 1 aliphatic carbocycles. The molecule has 25 heavy (non-hydrogen) atoms. The molecule has 134 valence electrons. The lowest BCUT2D eigenvalue weighted by Crippen LogP contribution is -2.29. The lowest BCUT2D eigenvalue weighted by molar-refractivity contribution is -0.153. The first-order valence-electron chi connectivity index (χ1n) is 9.06. The maximum Gasteiger partial charge on any atom is 0.311 e.